The Bertz CT molecular complexity index is 738. The van der Waals surface area contributed by atoms with Crippen LogP contribution in [0.4, 0.5) is 0 Å². The van der Waals surface area contributed by atoms with Gasteiger partial charge in [-0.15, -0.1) is 0 Å². The molecule has 6 nitrogen and oxygen atoms in total. The summed E-state index contributed by atoms with van der Waals surface area (Å²) in [6.45, 7) is 2.68. The zero-order valence-electron chi connectivity index (χ0n) is 13.0. The van der Waals surface area contributed by atoms with Gasteiger partial charge in [-0.2, -0.15) is 4.98 Å². The van der Waals surface area contributed by atoms with Crippen molar-refractivity contribution < 1.29 is 4.74 Å². The van der Waals surface area contributed by atoms with Gasteiger partial charge in [-0.05, 0) is 44.9 Å². The number of aromatic amines is 1. The molecule has 22 heavy (non-hydrogen) atoms. The minimum Gasteiger partial charge on any atom is -0.461 e. The minimum atomic E-state index is -0.0563. The van der Waals surface area contributed by atoms with E-state index in [0.717, 1.165) is 37.9 Å². The molecule has 2 heterocycles. The smallest absolute Gasteiger partial charge is 0.301 e. The molecule has 2 fully saturated rings. The minimum absolute atomic E-state index is 0.0563. The molecule has 6 heteroatoms. The van der Waals surface area contributed by atoms with Crippen LogP contribution in [0.2, 0.25) is 0 Å². The Balaban J connectivity index is 1.78. The third-order valence-electron chi connectivity index (χ3n) is 4.58. The van der Waals surface area contributed by atoms with Gasteiger partial charge in [-0.25, -0.2) is 4.98 Å². The third kappa shape index (κ3) is 2.40. The molecule has 2 saturated carbocycles. The maximum atomic E-state index is 12.7. The third-order valence-corrected chi connectivity index (χ3v) is 4.58. The maximum Gasteiger partial charge on any atom is 0.301 e. The van der Waals surface area contributed by atoms with Gasteiger partial charge in [0.15, 0.2) is 11.2 Å². The Morgan fingerprint density at radius 2 is 2.00 bits per heavy atom. The van der Waals surface area contributed by atoms with Crippen LogP contribution in [-0.2, 0) is 6.54 Å². The predicted octanol–water partition coefficient (Wildman–Crippen LogP) is 2.73. The van der Waals surface area contributed by atoms with Crippen LogP contribution in [0.1, 0.15) is 63.6 Å². The Kier molecular flexibility index (Phi) is 3.39. The van der Waals surface area contributed by atoms with E-state index in [0.29, 0.717) is 29.6 Å². The summed E-state index contributed by atoms with van der Waals surface area (Å²) in [6.07, 6.45) is 7.84. The lowest BCUT2D eigenvalue weighted by Gasteiger charge is -2.16. The summed E-state index contributed by atoms with van der Waals surface area (Å²) in [4.78, 5) is 25.0. The lowest BCUT2D eigenvalue weighted by molar-refractivity contribution is 0.180. The Hall–Kier alpha value is -1.85. The zero-order chi connectivity index (χ0) is 15.1. The number of nitrogens with zero attached hydrogens (tertiary/aromatic N) is 3. The Labute approximate surface area is 128 Å². The van der Waals surface area contributed by atoms with Crippen LogP contribution in [0.3, 0.4) is 0 Å². The van der Waals surface area contributed by atoms with Gasteiger partial charge in [0.2, 0.25) is 0 Å². The highest BCUT2D eigenvalue weighted by Gasteiger charge is 2.28. The van der Waals surface area contributed by atoms with Crippen molar-refractivity contribution in [2.75, 3.05) is 0 Å². The van der Waals surface area contributed by atoms with E-state index in [2.05, 4.69) is 21.9 Å². The van der Waals surface area contributed by atoms with Crippen molar-refractivity contribution in [2.45, 2.75) is 70.4 Å². The normalized spacial score (nSPS) is 19.1. The molecule has 0 aliphatic heterocycles. The SMILES string of the molecule is CCCn1c(OC2CCCC2)nc2nc(C3CC3)[nH]c2c1=O. The molecule has 2 aromatic rings. The number of hydrogen-bond acceptors (Lipinski definition) is 4. The van der Waals surface area contributed by atoms with Crippen LogP contribution >= 0.6 is 0 Å². The molecule has 2 aliphatic rings. The molecule has 1 N–H and O–H groups in total. The highest BCUT2D eigenvalue weighted by Crippen LogP contribution is 2.38. The predicted molar refractivity (Wildman–Crippen MR) is 83.3 cm³/mol. The van der Waals surface area contributed by atoms with E-state index in [4.69, 9.17) is 4.74 Å². The molecule has 4 rings (SSSR count). The number of rotatable bonds is 5. The standard InChI is InChI=1S/C16H22N4O2/c1-2-9-20-15(21)12-14(18-13(17-12)10-7-8-10)19-16(20)22-11-5-3-4-6-11/h10-11H,2-9H2,1H3,(H,17,18). The summed E-state index contributed by atoms with van der Waals surface area (Å²) in [6, 6.07) is 0.445. The van der Waals surface area contributed by atoms with Crippen molar-refractivity contribution in [2.24, 2.45) is 0 Å². The monoisotopic (exact) mass is 302 g/mol. The number of imidazole rings is 1. The van der Waals surface area contributed by atoms with Crippen LogP contribution in [0.15, 0.2) is 4.79 Å². The van der Waals surface area contributed by atoms with Gasteiger partial charge < -0.3 is 9.72 Å². The molecule has 0 amide bonds. The van der Waals surface area contributed by atoms with Crippen molar-refractivity contribution in [1.29, 1.82) is 0 Å². The van der Waals surface area contributed by atoms with Crippen LogP contribution < -0.4 is 10.3 Å². The number of nitrogens with one attached hydrogen (secondary N) is 1. The van der Waals surface area contributed by atoms with Crippen molar-refractivity contribution in [3.8, 4) is 6.01 Å². The number of H-pyrrole nitrogens is 1. The molecule has 0 bridgehead atoms. The average molecular weight is 302 g/mol. The van der Waals surface area contributed by atoms with Gasteiger partial charge in [-0.1, -0.05) is 6.92 Å². The second-order valence-electron chi connectivity index (χ2n) is 6.47. The van der Waals surface area contributed by atoms with Crippen LogP contribution in [0.5, 0.6) is 6.01 Å². The first-order chi connectivity index (χ1) is 10.8. The fourth-order valence-electron chi connectivity index (χ4n) is 3.20. The van der Waals surface area contributed by atoms with E-state index < -0.39 is 0 Å². The fraction of sp³-hybridized carbons (Fsp3) is 0.688. The van der Waals surface area contributed by atoms with Crippen molar-refractivity contribution in [1.82, 2.24) is 19.5 Å². The van der Waals surface area contributed by atoms with Gasteiger partial charge in [0.05, 0.1) is 0 Å². The summed E-state index contributed by atoms with van der Waals surface area (Å²) in [5.41, 5.74) is 0.973. The lowest BCUT2D eigenvalue weighted by atomic mass is 10.3. The molecule has 0 saturated heterocycles. The molecule has 0 unspecified atom stereocenters. The van der Waals surface area contributed by atoms with E-state index in [1.54, 1.807) is 4.57 Å². The molecule has 0 atom stereocenters. The first-order valence-corrected chi connectivity index (χ1v) is 8.43. The molecule has 0 aromatic carbocycles. The lowest BCUT2D eigenvalue weighted by Crippen LogP contribution is -2.26. The van der Waals surface area contributed by atoms with Crippen LogP contribution in [-0.4, -0.2) is 25.6 Å². The second kappa shape index (κ2) is 5.41. The van der Waals surface area contributed by atoms with Gasteiger partial charge in [0.1, 0.15) is 11.9 Å². The van der Waals surface area contributed by atoms with Crippen LogP contribution in [0, 0.1) is 0 Å². The number of fused-ring (bicyclic) bond motifs is 1. The number of hydrogen-bond donors (Lipinski definition) is 1. The molecule has 0 spiro atoms. The van der Waals surface area contributed by atoms with Gasteiger partial charge in [0, 0.05) is 12.5 Å². The van der Waals surface area contributed by atoms with Gasteiger partial charge in [-0.3, -0.25) is 9.36 Å². The fourth-order valence-corrected chi connectivity index (χ4v) is 3.20. The number of ether oxygens (including phenoxy) is 1. The molecule has 118 valence electrons. The van der Waals surface area contributed by atoms with E-state index in [1.807, 2.05) is 0 Å². The highest BCUT2D eigenvalue weighted by atomic mass is 16.5. The Morgan fingerprint density at radius 1 is 1.23 bits per heavy atom. The molecule has 2 aromatic heterocycles. The first kappa shape index (κ1) is 13.8. The highest BCUT2D eigenvalue weighted by molar-refractivity contribution is 5.70. The van der Waals surface area contributed by atoms with Crippen LogP contribution in [0.25, 0.3) is 11.2 Å². The van der Waals surface area contributed by atoms with E-state index in [9.17, 15) is 4.79 Å². The second-order valence-corrected chi connectivity index (χ2v) is 6.47. The summed E-state index contributed by atoms with van der Waals surface area (Å²) in [7, 11) is 0. The Morgan fingerprint density at radius 3 is 2.68 bits per heavy atom. The maximum absolute atomic E-state index is 12.7. The molecular weight excluding hydrogens is 280 g/mol. The van der Waals surface area contributed by atoms with Crippen molar-refractivity contribution in [3.63, 3.8) is 0 Å². The van der Waals surface area contributed by atoms with Gasteiger partial charge >= 0.3 is 6.01 Å². The summed E-state index contributed by atoms with van der Waals surface area (Å²) in [5, 5.41) is 0. The first-order valence-electron chi connectivity index (χ1n) is 8.43. The average Bonchev–Trinajstić information content (AvgIpc) is 3.06. The van der Waals surface area contributed by atoms with E-state index >= 15 is 0 Å². The van der Waals surface area contributed by atoms with Gasteiger partial charge in [0.25, 0.3) is 5.56 Å². The quantitative estimate of drug-likeness (QED) is 0.921. The topological polar surface area (TPSA) is 72.8 Å². The van der Waals surface area contributed by atoms with E-state index in [-0.39, 0.29) is 11.7 Å². The molecule has 0 radical (unpaired) electrons. The molecule has 2 aliphatic carbocycles. The molecular formula is C16H22N4O2. The summed E-state index contributed by atoms with van der Waals surface area (Å²) < 4.78 is 7.69. The number of aromatic nitrogens is 4. The summed E-state index contributed by atoms with van der Waals surface area (Å²) >= 11 is 0. The zero-order valence-corrected chi connectivity index (χ0v) is 13.0. The van der Waals surface area contributed by atoms with Crippen molar-refractivity contribution in [3.05, 3.63) is 16.2 Å². The summed E-state index contributed by atoms with van der Waals surface area (Å²) in [5.74, 6) is 1.38. The van der Waals surface area contributed by atoms with Crippen molar-refractivity contribution >= 4 is 11.2 Å². The van der Waals surface area contributed by atoms with E-state index in [1.165, 1.54) is 12.8 Å². The largest absolute Gasteiger partial charge is 0.461 e.